The smallest absolute Gasteiger partial charge is 0.00937 e. The molecule has 0 atom stereocenters. The predicted octanol–water partition coefficient (Wildman–Crippen LogP) is 1.57. The van der Waals surface area contributed by atoms with Gasteiger partial charge in [-0.2, -0.15) is 11.8 Å². The molecule has 0 unspecified atom stereocenters. The normalized spacial score (nSPS) is 24.4. The molecule has 82 valence electrons. The molecule has 0 aromatic carbocycles. The van der Waals surface area contributed by atoms with Crippen LogP contribution in [0.15, 0.2) is 0 Å². The summed E-state index contributed by atoms with van der Waals surface area (Å²) in [5, 5.41) is 4.35. The zero-order chi connectivity index (χ0) is 9.80. The van der Waals surface area contributed by atoms with Gasteiger partial charge in [0.05, 0.1) is 0 Å². The summed E-state index contributed by atoms with van der Waals surface area (Å²) in [6, 6.07) is 0.934. The molecule has 2 aliphatic rings. The molecule has 1 aliphatic carbocycles. The van der Waals surface area contributed by atoms with Crippen molar-refractivity contribution in [3.63, 3.8) is 0 Å². The standard InChI is InChI=1S/C11H22N2S/c1-13(10-2-3-10)8-9-14-11-4-6-12-7-5-11/h10-12H,2-9H2,1H3. The molecule has 1 heterocycles. The van der Waals surface area contributed by atoms with Crippen LogP contribution in [0.25, 0.3) is 0 Å². The zero-order valence-electron chi connectivity index (χ0n) is 9.17. The van der Waals surface area contributed by atoms with Crippen LogP contribution in [0.1, 0.15) is 25.7 Å². The Morgan fingerprint density at radius 3 is 2.57 bits per heavy atom. The topological polar surface area (TPSA) is 15.3 Å². The van der Waals surface area contributed by atoms with Crippen molar-refractivity contribution >= 4 is 11.8 Å². The van der Waals surface area contributed by atoms with Gasteiger partial charge in [0.15, 0.2) is 0 Å². The Labute approximate surface area is 91.8 Å². The Bertz CT molecular complexity index is 165. The summed E-state index contributed by atoms with van der Waals surface area (Å²) in [5.41, 5.74) is 0. The maximum absolute atomic E-state index is 3.42. The molecule has 2 rings (SSSR count). The van der Waals surface area contributed by atoms with Crippen LogP contribution in [0.2, 0.25) is 0 Å². The Hall–Kier alpha value is 0.270. The molecule has 2 nitrogen and oxygen atoms in total. The van der Waals surface area contributed by atoms with Crippen LogP contribution in [-0.2, 0) is 0 Å². The van der Waals surface area contributed by atoms with E-state index >= 15 is 0 Å². The maximum Gasteiger partial charge on any atom is 0.00937 e. The first-order chi connectivity index (χ1) is 6.86. The van der Waals surface area contributed by atoms with Gasteiger partial charge < -0.3 is 10.2 Å². The Kier molecular flexibility index (Phi) is 4.14. The van der Waals surface area contributed by atoms with Crippen LogP contribution in [0.4, 0.5) is 0 Å². The van der Waals surface area contributed by atoms with Crippen molar-refractivity contribution in [2.75, 3.05) is 32.4 Å². The molecule has 0 aromatic rings. The van der Waals surface area contributed by atoms with E-state index in [4.69, 9.17) is 0 Å². The average molecular weight is 214 g/mol. The van der Waals surface area contributed by atoms with Crippen LogP contribution in [0.5, 0.6) is 0 Å². The highest BCUT2D eigenvalue weighted by Gasteiger charge is 2.25. The summed E-state index contributed by atoms with van der Waals surface area (Å²) in [4.78, 5) is 2.54. The van der Waals surface area contributed by atoms with Crippen molar-refractivity contribution < 1.29 is 0 Å². The van der Waals surface area contributed by atoms with Gasteiger partial charge in [-0.1, -0.05) is 0 Å². The van der Waals surface area contributed by atoms with Gasteiger partial charge in [-0.05, 0) is 45.8 Å². The molecule has 1 saturated heterocycles. The lowest BCUT2D eigenvalue weighted by Gasteiger charge is -2.23. The first kappa shape index (κ1) is 10.8. The molecule has 1 aliphatic heterocycles. The highest BCUT2D eigenvalue weighted by atomic mass is 32.2. The lowest BCUT2D eigenvalue weighted by Crippen LogP contribution is -2.30. The van der Waals surface area contributed by atoms with Crippen molar-refractivity contribution in [2.24, 2.45) is 0 Å². The maximum atomic E-state index is 3.42. The molecular formula is C11H22N2S. The molecule has 2 fully saturated rings. The van der Waals surface area contributed by atoms with E-state index in [0.717, 1.165) is 11.3 Å². The number of hydrogen-bond acceptors (Lipinski definition) is 3. The SMILES string of the molecule is CN(CCSC1CCNCC1)C1CC1. The number of nitrogens with one attached hydrogen (secondary N) is 1. The second-order valence-electron chi connectivity index (χ2n) is 4.53. The van der Waals surface area contributed by atoms with Gasteiger partial charge >= 0.3 is 0 Å². The van der Waals surface area contributed by atoms with E-state index in [0.29, 0.717) is 0 Å². The number of hydrogen-bond donors (Lipinski definition) is 1. The van der Waals surface area contributed by atoms with Crippen molar-refractivity contribution in [3.05, 3.63) is 0 Å². The van der Waals surface area contributed by atoms with Gasteiger partial charge in [0.2, 0.25) is 0 Å². The quantitative estimate of drug-likeness (QED) is 0.748. The monoisotopic (exact) mass is 214 g/mol. The minimum absolute atomic E-state index is 0.934. The molecule has 0 radical (unpaired) electrons. The molecule has 0 aromatic heterocycles. The van der Waals surface area contributed by atoms with E-state index in [-0.39, 0.29) is 0 Å². The summed E-state index contributed by atoms with van der Waals surface area (Å²) in [6.07, 6.45) is 5.62. The van der Waals surface area contributed by atoms with E-state index in [9.17, 15) is 0 Å². The van der Waals surface area contributed by atoms with Crippen LogP contribution in [0.3, 0.4) is 0 Å². The van der Waals surface area contributed by atoms with Crippen molar-refractivity contribution in [1.82, 2.24) is 10.2 Å². The molecular weight excluding hydrogens is 192 g/mol. The first-order valence-corrected chi connectivity index (χ1v) is 6.93. The van der Waals surface area contributed by atoms with E-state index in [1.54, 1.807) is 0 Å². The van der Waals surface area contributed by atoms with Gasteiger partial charge in [0.1, 0.15) is 0 Å². The van der Waals surface area contributed by atoms with E-state index in [1.165, 1.54) is 51.1 Å². The van der Waals surface area contributed by atoms with Gasteiger partial charge in [0.25, 0.3) is 0 Å². The fourth-order valence-electron chi connectivity index (χ4n) is 2.02. The van der Waals surface area contributed by atoms with E-state index in [1.807, 2.05) is 0 Å². The summed E-state index contributed by atoms with van der Waals surface area (Å²) >= 11 is 2.19. The fourth-order valence-corrected chi connectivity index (χ4v) is 3.32. The molecule has 0 amide bonds. The third-order valence-electron chi connectivity index (χ3n) is 3.25. The minimum atomic E-state index is 0.934. The Morgan fingerprint density at radius 1 is 1.21 bits per heavy atom. The zero-order valence-corrected chi connectivity index (χ0v) is 9.98. The number of rotatable bonds is 5. The lowest BCUT2D eigenvalue weighted by atomic mass is 10.2. The third kappa shape index (κ3) is 3.44. The summed E-state index contributed by atoms with van der Waals surface area (Å²) in [6.45, 7) is 3.76. The molecule has 0 spiro atoms. The molecule has 14 heavy (non-hydrogen) atoms. The predicted molar refractivity (Wildman–Crippen MR) is 64.0 cm³/mol. The lowest BCUT2D eigenvalue weighted by molar-refractivity contribution is 0.345. The van der Waals surface area contributed by atoms with Crippen LogP contribution >= 0.6 is 11.8 Å². The van der Waals surface area contributed by atoms with Crippen LogP contribution < -0.4 is 5.32 Å². The molecule has 0 bridgehead atoms. The minimum Gasteiger partial charge on any atom is -0.317 e. The average Bonchev–Trinajstić information content (AvgIpc) is 3.02. The second kappa shape index (κ2) is 5.38. The summed E-state index contributed by atoms with van der Waals surface area (Å²) in [7, 11) is 2.28. The van der Waals surface area contributed by atoms with Crippen molar-refractivity contribution in [1.29, 1.82) is 0 Å². The number of thioether (sulfide) groups is 1. The van der Waals surface area contributed by atoms with Gasteiger partial charge in [-0.3, -0.25) is 0 Å². The number of piperidine rings is 1. The van der Waals surface area contributed by atoms with Gasteiger partial charge in [-0.15, -0.1) is 0 Å². The van der Waals surface area contributed by atoms with Crippen molar-refractivity contribution in [2.45, 2.75) is 37.0 Å². The second-order valence-corrected chi connectivity index (χ2v) is 5.94. The Balaban J connectivity index is 1.52. The number of nitrogens with zero attached hydrogens (tertiary/aromatic N) is 1. The largest absolute Gasteiger partial charge is 0.317 e. The van der Waals surface area contributed by atoms with Gasteiger partial charge in [0, 0.05) is 23.6 Å². The summed E-state index contributed by atoms with van der Waals surface area (Å²) < 4.78 is 0. The van der Waals surface area contributed by atoms with Gasteiger partial charge in [-0.25, -0.2) is 0 Å². The summed E-state index contributed by atoms with van der Waals surface area (Å²) in [5.74, 6) is 1.33. The first-order valence-electron chi connectivity index (χ1n) is 5.89. The molecule has 3 heteroatoms. The van der Waals surface area contributed by atoms with Crippen LogP contribution in [0, 0.1) is 0 Å². The molecule has 1 saturated carbocycles. The molecule has 1 N–H and O–H groups in total. The highest BCUT2D eigenvalue weighted by molar-refractivity contribution is 7.99. The fraction of sp³-hybridized carbons (Fsp3) is 1.00. The van der Waals surface area contributed by atoms with E-state index < -0.39 is 0 Å². The Morgan fingerprint density at radius 2 is 1.93 bits per heavy atom. The van der Waals surface area contributed by atoms with E-state index in [2.05, 4.69) is 29.0 Å². The third-order valence-corrected chi connectivity index (χ3v) is 4.62. The van der Waals surface area contributed by atoms with Crippen molar-refractivity contribution in [3.8, 4) is 0 Å². The highest BCUT2D eigenvalue weighted by Crippen LogP contribution is 2.26. The van der Waals surface area contributed by atoms with Crippen LogP contribution in [-0.4, -0.2) is 48.6 Å².